The SMILES string of the molecule is NC(=O)C(OCCN1CCN(Cc2ccc(Cl)cc2)CC1)N1C(=O)CC[C@@H]1C(=O)O. The van der Waals surface area contributed by atoms with E-state index in [0.29, 0.717) is 6.54 Å². The molecule has 1 aromatic carbocycles. The van der Waals surface area contributed by atoms with Gasteiger partial charge in [-0.2, -0.15) is 0 Å². The number of piperazine rings is 1. The van der Waals surface area contributed by atoms with Gasteiger partial charge in [-0.05, 0) is 24.1 Å². The second-order valence-corrected chi connectivity index (χ2v) is 8.00. The Bertz CT molecular complexity index is 767. The van der Waals surface area contributed by atoms with Gasteiger partial charge in [0, 0.05) is 50.7 Å². The van der Waals surface area contributed by atoms with E-state index < -0.39 is 30.1 Å². The quantitative estimate of drug-likeness (QED) is 0.571. The first-order valence-corrected chi connectivity index (χ1v) is 10.4. The molecule has 2 fully saturated rings. The highest BCUT2D eigenvalue weighted by Crippen LogP contribution is 2.22. The number of carboxylic acids is 1. The Morgan fingerprint density at radius 3 is 2.40 bits per heavy atom. The van der Waals surface area contributed by atoms with Crippen LogP contribution in [0.2, 0.25) is 5.02 Å². The van der Waals surface area contributed by atoms with Crippen molar-refractivity contribution in [3.63, 3.8) is 0 Å². The molecular weight excluding hydrogens is 412 g/mol. The summed E-state index contributed by atoms with van der Waals surface area (Å²) in [5, 5.41) is 10.0. The molecule has 0 radical (unpaired) electrons. The van der Waals surface area contributed by atoms with Gasteiger partial charge in [-0.3, -0.25) is 24.3 Å². The number of carboxylic acid groups (broad SMARTS) is 1. The lowest BCUT2D eigenvalue weighted by atomic mass is 10.2. The monoisotopic (exact) mass is 438 g/mol. The standard InChI is InChI=1S/C20H27ClN4O5/c21-15-3-1-14(2-4-15)13-24-9-7-23(8-10-24)11-12-30-19(18(22)27)25-16(20(28)29)5-6-17(25)26/h1-4,16,19H,5-13H2,(H2,22,27)(H,28,29)/t16-,19?/m1/s1. The molecule has 3 rings (SSSR count). The topological polar surface area (TPSA) is 116 Å². The zero-order valence-electron chi connectivity index (χ0n) is 16.7. The number of aliphatic carboxylic acids is 1. The molecule has 3 N–H and O–H groups in total. The van der Waals surface area contributed by atoms with E-state index in [-0.39, 0.29) is 19.4 Å². The normalized spacial score (nSPS) is 21.7. The predicted molar refractivity (Wildman–Crippen MR) is 110 cm³/mol. The number of halogens is 1. The molecule has 1 unspecified atom stereocenters. The Hall–Kier alpha value is -2.20. The largest absolute Gasteiger partial charge is 0.480 e. The number of likely N-dealkylation sites (tertiary alicyclic amines) is 1. The van der Waals surface area contributed by atoms with Gasteiger partial charge in [0.2, 0.25) is 12.1 Å². The summed E-state index contributed by atoms with van der Waals surface area (Å²) in [6.45, 7) is 5.09. The summed E-state index contributed by atoms with van der Waals surface area (Å²) in [5.41, 5.74) is 6.59. The number of hydrogen-bond donors (Lipinski definition) is 2. The molecule has 2 aliphatic heterocycles. The number of primary amides is 1. The van der Waals surface area contributed by atoms with Crippen molar-refractivity contribution in [1.29, 1.82) is 0 Å². The highest BCUT2D eigenvalue weighted by Gasteiger charge is 2.43. The lowest BCUT2D eigenvalue weighted by Crippen LogP contribution is -2.53. The summed E-state index contributed by atoms with van der Waals surface area (Å²) in [6.07, 6.45) is -1.14. The number of nitrogens with zero attached hydrogens (tertiary/aromatic N) is 3. The van der Waals surface area contributed by atoms with Crippen molar-refractivity contribution in [2.45, 2.75) is 31.7 Å². The van der Waals surface area contributed by atoms with E-state index >= 15 is 0 Å². The molecule has 2 saturated heterocycles. The number of hydrogen-bond acceptors (Lipinski definition) is 6. The molecule has 9 nitrogen and oxygen atoms in total. The Morgan fingerprint density at radius 1 is 1.17 bits per heavy atom. The van der Waals surface area contributed by atoms with Gasteiger partial charge in [-0.15, -0.1) is 0 Å². The number of carbonyl (C=O) groups is 3. The van der Waals surface area contributed by atoms with E-state index in [4.69, 9.17) is 22.1 Å². The number of benzene rings is 1. The molecule has 0 aliphatic carbocycles. The molecule has 1 aromatic rings. The minimum atomic E-state index is -1.35. The number of carbonyl (C=O) groups excluding carboxylic acids is 2. The van der Waals surface area contributed by atoms with E-state index in [0.717, 1.165) is 42.6 Å². The zero-order valence-corrected chi connectivity index (χ0v) is 17.5. The van der Waals surface area contributed by atoms with Gasteiger partial charge in [0.05, 0.1) is 6.61 Å². The van der Waals surface area contributed by atoms with Gasteiger partial charge in [0.25, 0.3) is 5.91 Å². The average Bonchev–Trinajstić information content (AvgIpc) is 3.09. The lowest BCUT2D eigenvalue weighted by molar-refractivity contribution is -0.165. The van der Waals surface area contributed by atoms with Crippen LogP contribution in [0.15, 0.2) is 24.3 Å². The zero-order chi connectivity index (χ0) is 21.7. The lowest BCUT2D eigenvalue weighted by Gasteiger charge is -2.35. The molecule has 0 spiro atoms. The molecule has 10 heteroatoms. The first kappa shape index (κ1) is 22.5. The van der Waals surface area contributed by atoms with Crippen molar-refractivity contribution in [2.75, 3.05) is 39.3 Å². The first-order chi connectivity index (χ1) is 14.3. The van der Waals surface area contributed by atoms with Crippen LogP contribution in [0.4, 0.5) is 0 Å². The minimum absolute atomic E-state index is 0.0691. The second-order valence-electron chi connectivity index (χ2n) is 7.56. The maximum absolute atomic E-state index is 12.1. The number of rotatable bonds is 9. The second kappa shape index (κ2) is 10.2. The summed E-state index contributed by atoms with van der Waals surface area (Å²) in [6, 6.07) is 6.75. The number of ether oxygens (including phenoxy) is 1. The summed E-state index contributed by atoms with van der Waals surface area (Å²) in [4.78, 5) is 40.7. The predicted octanol–water partition coefficient (Wildman–Crippen LogP) is 0.361. The molecule has 30 heavy (non-hydrogen) atoms. The summed E-state index contributed by atoms with van der Waals surface area (Å²) in [7, 11) is 0. The van der Waals surface area contributed by atoms with Gasteiger partial charge in [-0.1, -0.05) is 23.7 Å². The van der Waals surface area contributed by atoms with Crippen LogP contribution in [0.1, 0.15) is 18.4 Å². The summed E-state index contributed by atoms with van der Waals surface area (Å²) < 4.78 is 5.57. The van der Waals surface area contributed by atoms with E-state index in [1.54, 1.807) is 0 Å². The van der Waals surface area contributed by atoms with E-state index in [2.05, 4.69) is 9.80 Å². The summed E-state index contributed by atoms with van der Waals surface area (Å²) in [5.74, 6) is -2.45. The molecule has 2 heterocycles. The number of nitrogens with two attached hydrogens (primary N) is 1. The van der Waals surface area contributed by atoms with E-state index in [9.17, 15) is 19.5 Å². The van der Waals surface area contributed by atoms with Crippen LogP contribution in [0.25, 0.3) is 0 Å². The van der Waals surface area contributed by atoms with Crippen molar-refractivity contribution in [3.8, 4) is 0 Å². The fraction of sp³-hybridized carbons (Fsp3) is 0.550. The van der Waals surface area contributed by atoms with Gasteiger partial charge >= 0.3 is 5.97 Å². The first-order valence-electron chi connectivity index (χ1n) is 9.99. The van der Waals surface area contributed by atoms with Crippen molar-refractivity contribution >= 4 is 29.4 Å². The smallest absolute Gasteiger partial charge is 0.326 e. The molecule has 0 bridgehead atoms. The van der Waals surface area contributed by atoms with Crippen LogP contribution in [0.5, 0.6) is 0 Å². The van der Waals surface area contributed by atoms with Crippen LogP contribution < -0.4 is 5.73 Å². The Balaban J connectivity index is 1.44. The summed E-state index contributed by atoms with van der Waals surface area (Å²) >= 11 is 5.92. The van der Waals surface area contributed by atoms with Gasteiger partial charge in [-0.25, -0.2) is 4.79 Å². The van der Waals surface area contributed by atoms with Gasteiger partial charge < -0.3 is 15.6 Å². The third-order valence-electron chi connectivity index (χ3n) is 5.50. The molecule has 164 valence electrons. The molecule has 0 saturated carbocycles. The minimum Gasteiger partial charge on any atom is -0.480 e. The van der Waals surface area contributed by atoms with Crippen LogP contribution >= 0.6 is 11.6 Å². The van der Waals surface area contributed by atoms with Gasteiger partial charge in [0.15, 0.2) is 0 Å². The third-order valence-corrected chi connectivity index (χ3v) is 5.76. The van der Waals surface area contributed by atoms with Crippen LogP contribution in [-0.4, -0.2) is 89.2 Å². The molecular formula is C20H27ClN4O5. The Morgan fingerprint density at radius 2 is 1.80 bits per heavy atom. The maximum atomic E-state index is 12.1. The Labute approximate surface area is 180 Å². The highest BCUT2D eigenvalue weighted by atomic mass is 35.5. The van der Waals surface area contributed by atoms with Gasteiger partial charge in [0.1, 0.15) is 6.04 Å². The molecule has 2 atom stereocenters. The third kappa shape index (κ3) is 5.69. The molecule has 2 amide bonds. The highest BCUT2D eigenvalue weighted by molar-refractivity contribution is 6.30. The van der Waals surface area contributed by atoms with Crippen LogP contribution in [-0.2, 0) is 25.7 Å². The van der Waals surface area contributed by atoms with Crippen LogP contribution in [0.3, 0.4) is 0 Å². The van der Waals surface area contributed by atoms with E-state index in [1.165, 1.54) is 5.56 Å². The van der Waals surface area contributed by atoms with Crippen molar-refractivity contribution in [2.24, 2.45) is 5.73 Å². The van der Waals surface area contributed by atoms with Crippen molar-refractivity contribution in [1.82, 2.24) is 14.7 Å². The fourth-order valence-electron chi connectivity index (χ4n) is 3.85. The van der Waals surface area contributed by atoms with E-state index in [1.807, 2.05) is 24.3 Å². The Kier molecular flexibility index (Phi) is 7.65. The maximum Gasteiger partial charge on any atom is 0.326 e. The molecule has 0 aromatic heterocycles. The van der Waals surface area contributed by atoms with Crippen LogP contribution in [0, 0.1) is 0 Å². The van der Waals surface area contributed by atoms with Crippen molar-refractivity contribution in [3.05, 3.63) is 34.9 Å². The van der Waals surface area contributed by atoms with Crippen molar-refractivity contribution < 1.29 is 24.2 Å². The average molecular weight is 439 g/mol. The number of amides is 2. The fourth-order valence-corrected chi connectivity index (χ4v) is 3.98. The molecule has 2 aliphatic rings.